The predicted octanol–water partition coefficient (Wildman–Crippen LogP) is 3.40. The Morgan fingerprint density at radius 3 is 2.45 bits per heavy atom. The summed E-state index contributed by atoms with van der Waals surface area (Å²) in [7, 11) is 1.55. The van der Waals surface area contributed by atoms with Gasteiger partial charge in [-0.1, -0.05) is 24.3 Å². The third-order valence-corrected chi connectivity index (χ3v) is 5.27. The molecular formula is C24H20IN3O5. The first-order chi connectivity index (χ1) is 16.0. The first kappa shape index (κ1) is 23.9. The third-order valence-electron chi connectivity index (χ3n) is 4.33. The molecule has 0 aliphatic rings. The maximum atomic E-state index is 12.3. The van der Waals surface area contributed by atoms with Crippen molar-refractivity contribution >= 4 is 46.6 Å². The molecule has 3 aromatic carbocycles. The second-order valence-electron chi connectivity index (χ2n) is 6.65. The van der Waals surface area contributed by atoms with Crippen LogP contribution >= 0.6 is 22.6 Å². The lowest BCUT2D eigenvalue weighted by molar-refractivity contribution is -0.120. The average molecular weight is 557 g/mol. The molecule has 0 saturated carbocycles. The number of carbonyl (C=O) groups excluding carboxylic acids is 3. The van der Waals surface area contributed by atoms with E-state index in [0.29, 0.717) is 28.2 Å². The fourth-order valence-corrected chi connectivity index (χ4v) is 3.30. The molecule has 2 amide bonds. The van der Waals surface area contributed by atoms with Gasteiger partial charge in [-0.3, -0.25) is 9.59 Å². The lowest BCUT2D eigenvalue weighted by Crippen LogP contribution is -2.35. The Morgan fingerprint density at radius 1 is 0.970 bits per heavy atom. The predicted molar refractivity (Wildman–Crippen MR) is 132 cm³/mol. The Bertz CT molecular complexity index is 1180. The zero-order valence-corrected chi connectivity index (χ0v) is 19.7. The highest BCUT2D eigenvalue weighted by atomic mass is 127. The van der Waals surface area contributed by atoms with Crippen LogP contribution in [-0.2, 0) is 4.79 Å². The number of methoxy groups -OCH3 is 1. The molecule has 0 atom stereocenters. The molecule has 0 aliphatic carbocycles. The van der Waals surface area contributed by atoms with E-state index in [1.807, 2.05) is 12.1 Å². The fourth-order valence-electron chi connectivity index (χ4n) is 2.67. The van der Waals surface area contributed by atoms with Crippen LogP contribution in [0.2, 0.25) is 0 Å². The number of amides is 2. The number of hydrogen-bond acceptors (Lipinski definition) is 6. The van der Waals surface area contributed by atoms with Crippen molar-refractivity contribution in [1.29, 1.82) is 0 Å². The van der Waals surface area contributed by atoms with Crippen molar-refractivity contribution in [2.24, 2.45) is 5.10 Å². The van der Waals surface area contributed by atoms with E-state index in [2.05, 4.69) is 38.4 Å². The van der Waals surface area contributed by atoms with Crippen LogP contribution in [-0.4, -0.2) is 37.7 Å². The van der Waals surface area contributed by atoms with Crippen LogP contribution in [0, 0.1) is 3.57 Å². The molecule has 0 heterocycles. The summed E-state index contributed by atoms with van der Waals surface area (Å²) in [5, 5.41) is 6.42. The summed E-state index contributed by atoms with van der Waals surface area (Å²) in [6.07, 6.45) is 1.41. The Balaban J connectivity index is 1.50. The minimum Gasteiger partial charge on any atom is -0.497 e. The molecule has 3 rings (SSSR count). The average Bonchev–Trinajstić information content (AvgIpc) is 2.83. The van der Waals surface area contributed by atoms with Crippen LogP contribution < -0.4 is 20.2 Å². The maximum absolute atomic E-state index is 12.3. The van der Waals surface area contributed by atoms with Gasteiger partial charge in [0, 0.05) is 3.57 Å². The Kier molecular flexibility index (Phi) is 8.53. The summed E-state index contributed by atoms with van der Waals surface area (Å²) in [5.41, 5.74) is 3.83. The molecule has 33 heavy (non-hydrogen) atoms. The molecule has 0 aliphatic heterocycles. The summed E-state index contributed by atoms with van der Waals surface area (Å²) >= 11 is 2.06. The molecule has 3 aromatic rings. The maximum Gasteiger partial charge on any atom is 0.343 e. The highest BCUT2D eigenvalue weighted by Crippen LogP contribution is 2.16. The minimum atomic E-state index is -0.510. The van der Waals surface area contributed by atoms with E-state index < -0.39 is 11.9 Å². The second-order valence-corrected chi connectivity index (χ2v) is 7.81. The molecule has 0 saturated heterocycles. The molecule has 9 heteroatoms. The van der Waals surface area contributed by atoms with Gasteiger partial charge in [0.1, 0.15) is 11.5 Å². The van der Waals surface area contributed by atoms with Crippen LogP contribution in [0.5, 0.6) is 11.5 Å². The van der Waals surface area contributed by atoms with Crippen LogP contribution in [0.4, 0.5) is 0 Å². The van der Waals surface area contributed by atoms with Crippen molar-refractivity contribution < 1.29 is 23.9 Å². The minimum absolute atomic E-state index is 0.222. The standard InChI is InChI=1S/C24H20IN3O5/c1-32-18-11-9-17(10-12-18)24(31)33-19-6-4-5-16(13-19)14-27-28-22(29)15-26-23(30)20-7-2-3-8-21(20)25/h2-14H,15H2,1H3,(H,26,30)(H,28,29)/b27-14+. The van der Waals surface area contributed by atoms with Crippen LogP contribution in [0.15, 0.2) is 77.9 Å². The van der Waals surface area contributed by atoms with Gasteiger partial charge < -0.3 is 14.8 Å². The Labute approximate surface area is 204 Å². The summed E-state index contributed by atoms with van der Waals surface area (Å²) in [6, 6.07) is 20.3. The van der Waals surface area contributed by atoms with E-state index in [1.54, 1.807) is 67.8 Å². The topological polar surface area (TPSA) is 106 Å². The number of rotatable bonds is 8. The Morgan fingerprint density at radius 2 is 1.73 bits per heavy atom. The molecule has 0 aromatic heterocycles. The fraction of sp³-hybridized carbons (Fsp3) is 0.0833. The van der Waals surface area contributed by atoms with Crippen molar-refractivity contribution in [3.63, 3.8) is 0 Å². The number of hydrogen-bond donors (Lipinski definition) is 2. The zero-order chi connectivity index (χ0) is 23.6. The highest BCUT2D eigenvalue weighted by Gasteiger charge is 2.11. The monoisotopic (exact) mass is 557 g/mol. The molecule has 8 nitrogen and oxygen atoms in total. The van der Waals surface area contributed by atoms with Gasteiger partial charge in [0.05, 0.1) is 31.0 Å². The summed E-state index contributed by atoms with van der Waals surface area (Å²) in [6.45, 7) is -0.222. The van der Waals surface area contributed by atoms with E-state index >= 15 is 0 Å². The largest absolute Gasteiger partial charge is 0.497 e. The SMILES string of the molecule is COc1ccc(C(=O)Oc2cccc(/C=N/NC(=O)CNC(=O)c3ccccc3I)c2)cc1. The number of nitrogens with zero attached hydrogens (tertiary/aromatic N) is 1. The van der Waals surface area contributed by atoms with Gasteiger partial charge in [-0.15, -0.1) is 0 Å². The number of esters is 1. The highest BCUT2D eigenvalue weighted by molar-refractivity contribution is 14.1. The van der Waals surface area contributed by atoms with E-state index in [9.17, 15) is 14.4 Å². The van der Waals surface area contributed by atoms with Gasteiger partial charge in [0.2, 0.25) is 0 Å². The van der Waals surface area contributed by atoms with Crippen LogP contribution in [0.1, 0.15) is 26.3 Å². The summed E-state index contributed by atoms with van der Waals surface area (Å²) in [5.74, 6) is -0.362. The molecule has 0 spiro atoms. The number of carbonyl (C=O) groups is 3. The smallest absolute Gasteiger partial charge is 0.343 e. The van der Waals surface area contributed by atoms with Crippen molar-refractivity contribution in [3.8, 4) is 11.5 Å². The third kappa shape index (κ3) is 7.14. The van der Waals surface area contributed by atoms with Crippen molar-refractivity contribution in [2.75, 3.05) is 13.7 Å². The molecular weight excluding hydrogens is 537 g/mol. The quantitative estimate of drug-likeness (QED) is 0.145. The summed E-state index contributed by atoms with van der Waals surface area (Å²) < 4.78 is 11.2. The van der Waals surface area contributed by atoms with E-state index in [0.717, 1.165) is 3.57 Å². The lowest BCUT2D eigenvalue weighted by atomic mass is 10.2. The number of benzene rings is 3. The zero-order valence-electron chi connectivity index (χ0n) is 17.6. The molecule has 2 N–H and O–H groups in total. The molecule has 168 valence electrons. The molecule has 0 fully saturated rings. The van der Waals surface area contributed by atoms with Crippen molar-refractivity contribution in [3.05, 3.63) is 93.1 Å². The molecule has 0 unspecified atom stereocenters. The normalized spacial score (nSPS) is 10.5. The van der Waals surface area contributed by atoms with Crippen molar-refractivity contribution in [1.82, 2.24) is 10.7 Å². The first-order valence-electron chi connectivity index (χ1n) is 9.77. The van der Waals surface area contributed by atoms with Gasteiger partial charge in [-0.05, 0) is 76.7 Å². The number of nitrogens with one attached hydrogen (secondary N) is 2. The first-order valence-corrected chi connectivity index (χ1v) is 10.8. The summed E-state index contributed by atoms with van der Waals surface area (Å²) in [4.78, 5) is 36.4. The number of hydrazone groups is 1. The van der Waals surface area contributed by atoms with Crippen LogP contribution in [0.3, 0.4) is 0 Å². The second kappa shape index (κ2) is 11.8. The van der Waals surface area contributed by atoms with Crippen molar-refractivity contribution in [2.45, 2.75) is 0 Å². The molecule has 0 radical (unpaired) electrons. The van der Waals surface area contributed by atoms with E-state index in [4.69, 9.17) is 9.47 Å². The van der Waals surface area contributed by atoms with Crippen LogP contribution in [0.25, 0.3) is 0 Å². The lowest BCUT2D eigenvalue weighted by Gasteiger charge is -2.06. The van der Waals surface area contributed by atoms with Gasteiger partial charge in [-0.25, -0.2) is 10.2 Å². The van der Waals surface area contributed by atoms with E-state index in [1.165, 1.54) is 6.21 Å². The Hall–Kier alpha value is -3.73. The van der Waals surface area contributed by atoms with E-state index in [-0.39, 0.29) is 12.5 Å². The number of ether oxygens (including phenoxy) is 2. The van der Waals surface area contributed by atoms with Gasteiger partial charge in [-0.2, -0.15) is 5.10 Å². The number of halogens is 1. The molecule has 0 bridgehead atoms. The van der Waals surface area contributed by atoms with Gasteiger partial charge in [0.15, 0.2) is 0 Å². The van der Waals surface area contributed by atoms with Gasteiger partial charge >= 0.3 is 5.97 Å². The van der Waals surface area contributed by atoms with Gasteiger partial charge in [0.25, 0.3) is 11.8 Å².